The number of nitrogens with zero attached hydrogens (tertiary/aromatic N) is 3. The van der Waals surface area contributed by atoms with Crippen molar-refractivity contribution in [2.75, 3.05) is 17.7 Å². The summed E-state index contributed by atoms with van der Waals surface area (Å²) < 4.78 is 6.61. The molecule has 2 amide bonds. The summed E-state index contributed by atoms with van der Waals surface area (Å²) in [6.07, 6.45) is 1.74. The minimum atomic E-state index is -1.03. The average molecular weight is 729 g/mol. The van der Waals surface area contributed by atoms with Crippen LogP contribution in [-0.2, 0) is 4.74 Å². The Bertz CT molecular complexity index is 2650. The molecular formula is C43H32N6O6. The van der Waals surface area contributed by atoms with E-state index in [0.29, 0.717) is 28.1 Å². The number of H-pyrrole nitrogens is 1. The Morgan fingerprint density at radius 3 is 1.98 bits per heavy atom. The number of para-hydroxylation sites is 6. The number of carboxylic acid groups (broad SMARTS) is 1. The van der Waals surface area contributed by atoms with Crippen LogP contribution >= 0.6 is 0 Å². The third-order valence-electron chi connectivity index (χ3n) is 8.61. The zero-order chi connectivity index (χ0) is 38.3. The molecule has 0 saturated carbocycles. The van der Waals surface area contributed by atoms with E-state index < -0.39 is 11.9 Å². The maximum atomic E-state index is 12.7. The fourth-order valence-electron chi connectivity index (χ4n) is 5.81. The lowest BCUT2D eigenvalue weighted by molar-refractivity contribution is 0.0599. The number of carbonyl (C=O) groups excluding carboxylic acids is 3. The number of fused-ring (bicyclic) bond motifs is 2. The number of carboxylic acids is 1. The van der Waals surface area contributed by atoms with Gasteiger partial charge in [-0.2, -0.15) is 0 Å². The van der Waals surface area contributed by atoms with Crippen molar-refractivity contribution in [1.29, 1.82) is 0 Å². The van der Waals surface area contributed by atoms with Crippen molar-refractivity contribution in [1.82, 2.24) is 19.5 Å². The molecule has 0 unspecified atom stereocenters. The smallest absolute Gasteiger partial charge is 0.337 e. The molecule has 55 heavy (non-hydrogen) atoms. The number of aromatic carboxylic acids is 1. The van der Waals surface area contributed by atoms with Crippen molar-refractivity contribution in [3.05, 3.63) is 174 Å². The second kappa shape index (κ2) is 15.8. The summed E-state index contributed by atoms with van der Waals surface area (Å²) in [4.78, 5) is 59.8. The molecule has 4 N–H and O–H groups in total. The van der Waals surface area contributed by atoms with Gasteiger partial charge in [0.05, 0.1) is 51.7 Å². The lowest BCUT2D eigenvalue weighted by Crippen LogP contribution is -2.14. The number of imidazole rings is 2. The number of rotatable bonds is 8. The molecular weight excluding hydrogens is 697 g/mol. The van der Waals surface area contributed by atoms with Gasteiger partial charge in [-0.3, -0.25) is 14.2 Å². The van der Waals surface area contributed by atoms with Gasteiger partial charge in [-0.05, 0) is 97.1 Å². The van der Waals surface area contributed by atoms with Crippen LogP contribution in [0.3, 0.4) is 0 Å². The van der Waals surface area contributed by atoms with Crippen LogP contribution in [-0.4, -0.2) is 55.5 Å². The molecule has 0 fully saturated rings. The molecule has 270 valence electrons. The van der Waals surface area contributed by atoms with Crippen LogP contribution in [0.2, 0.25) is 0 Å². The Morgan fingerprint density at radius 2 is 1.27 bits per heavy atom. The molecule has 0 aliphatic rings. The first kappa shape index (κ1) is 35.5. The van der Waals surface area contributed by atoms with Crippen LogP contribution < -0.4 is 10.6 Å². The van der Waals surface area contributed by atoms with E-state index in [1.54, 1.807) is 36.7 Å². The van der Waals surface area contributed by atoms with E-state index in [4.69, 9.17) is 5.11 Å². The molecule has 2 aromatic heterocycles. The first-order valence-electron chi connectivity index (χ1n) is 17.0. The summed E-state index contributed by atoms with van der Waals surface area (Å²) in [5, 5.41) is 14.7. The molecule has 0 aliphatic heterocycles. The van der Waals surface area contributed by atoms with Gasteiger partial charge < -0.3 is 25.5 Å². The van der Waals surface area contributed by atoms with E-state index in [9.17, 15) is 19.2 Å². The largest absolute Gasteiger partial charge is 0.478 e. The van der Waals surface area contributed by atoms with Crippen molar-refractivity contribution in [3.8, 4) is 17.1 Å². The minimum absolute atomic E-state index is 0.137. The predicted molar refractivity (Wildman–Crippen MR) is 210 cm³/mol. The Hall–Kier alpha value is -7.86. The monoisotopic (exact) mass is 728 g/mol. The van der Waals surface area contributed by atoms with E-state index in [2.05, 4.69) is 30.3 Å². The zero-order valence-electron chi connectivity index (χ0n) is 29.3. The summed E-state index contributed by atoms with van der Waals surface area (Å²) in [5.41, 5.74) is 7.96. The molecule has 12 nitrogen and oxygen atoms in total. The van der Waals surface area contributed by atoms with Crippen LogP contribution in [0.25, 0.3) is 39.1 Å². The number of ether oxygens (including phenoxy) is 1. The Labute approximate surface area is 314 Å². The standard InChI is InChI=1S/C22H17N3O3.C21H15N3O3/c1-28-22(27)16-12-10-15(11-13-16)21(26)24-18-7-3-5-9-20(18)25-14-23-17-6-2-4-8-19(17)25;25-20(13-8-10-14(11-9-13)21(26)27)22-16-5-3-4-15(12-16)19-23-17-6-1-2-7-18(17)24-19/h2-14H,1H3,(H,24,26);1-12H,(H,22,25)(H,23,24)(H,26,27). The third kappa shape index (κ3) is 7.98. The van der Waals surface area contributed by atoms with Crippen LogP contribution in [0.1, 0.15) is 41.4 Å². The highest BCUT2D eigenvalue weighted by Gasteiger charge is 2.14. The lowest BCUT2D eigenvalue weighted by atomic mass is 10.1. The van der Waals surface area contributed by atoms with Gasteiger partial charge in [0.2, 0.25) is 0 Å². The number of esters is 1. The summed E-state index contributed by atoms with van der Waals surface area (Å²) in [7, 11) is 1.32. The topological polar surface area (TPSA) is 168 Å². The molecule has 12 heteroatoms. The van der Waals surface area contributed by atoms with E-state index in [1.807, 2.05) is 95.6 Å². The number of hydrogen-bond donors (Lipinski definition) is 4. The molecule has 0 aliphatic carbocycles. The number of aromatic nitrogens is 4. The number of methoxy groups -OCH3 is 1. The summed E-state index contributed by atoms with van der Waals surface area (Å²) in [6.45, 7) is 0. The van der Waals surface area contributed by atoms with Gasteiger partial charge in [-0.1, -0.05) is 48.5 Å². The van der Waals surface area contributed by atoms with E-state index >= 15 is 0 Å². The van der Waals surface area contributed by atoms with Crippen LogP contribution in [0.5, 0.6) is 0 Å². The van der Waals surface area contributed by atoms with Gasteiger partial charge in [0.15, 0.2) is 0 Å². The summed E-state index contributed by atoms with van der Waals surface area (Å²) in [5.74, 6) is -1.33. The Kier molecular flexibility index (Phi) is 10.2. The number of carbonyl (C=O) groups is 4. The maximum Gasteiger partial charge on any atom is 0.337 e. The summed E-state index contributed by atoms with van der Waals surface area (Å²) in [6, 6.07) is 42.6. The SMILES string of the molecule is COC(=O)c1ccc(C(=O)Nc2ccccc2-n2cnc3ccccc32)cc1.O=C(O)c1ccc(C(=O)Nc2cccc(-c3nc4ccccc4[nH]3)c2)cc1. The predicted octanol–water partition coefficient (Wildman–Crippen LogP) is 8.24. The first-order valence-corrected chi connectivity index (χ1v) is 17.0. The van der Waals surface area contributed by atoms with Crippen molar-refractivity contribution >= 4 is 57.2 Å². The second-order valence-electron chi connectivity index (χ2n) is 12.2. The van der Waals surface area contributed by atoms with Crippen molar-refractivity contribution in [2.24, 2.45) is 0 Å². The molecule has 8 rings (SSSR count). The molecule has 2 heterocycles. The third-order valence-corrected chi connectivity index (χ3v) is 8.61. The van der Waals surface area contributed by atoms with E-state index in [0.717, 1.165) is 39.1 Å². The Balaban J connectivity index is 0.000000169. The molecule has 0 spiro atoms. The van der Waals surface area contributed by atoms with Gasteiger partial charge in [0.25, 0.3) is 11.8 Å². The quantitative estimate of drug-likeness (QED) is 0.113. The summed E-state index contributed by atoms with van der Waals surface area (Å²) >= 11 is 0. The number of hydrogen-bond acceptors (Lipinski definition) is 7. The number of amides is 2. The molecule has 6 aromatic carbocycles. The highest BCUT2D eigenvalue weighted by atomic mass is 16.5. The zero-order valence-corrected chi connectivity index (χ0v) is 29.3. The molecule has 0 bridgehead atoms. The fourth-order valence-corrected chi connectivity index (χ4v) is 5.81. The van der Waals surface area contributed by atoms with E-state index in [1.165, 1.54) is 31.4 Å². The number of nitrogens with one attached hydrogen (secondary N) is 3. The molecule has 0 atom stereocenters. The van der Waals surface area contributed by atoms with Gasteiger partial charge in [-0.15, -0.1) is 0 Å². The minimum Gasteiger partial charge on any atom is -0.478 e. The normalized spacial score (nSPS) is 10.6. The van der Waals surface area contributed by atoms with Crippen molar-refractivity contribution in [3.63, 3.8) is 0 Å². The average Bonchev–Trinajstić information content (AvgIpc) is 3.86. The maximum absolute atomic E-state index is 12.7. The number of benzene rings is 6. The molecule has 0 saturated heterocycles. The van der Waals surface area contributed by atoms with Crippen LogP contribution in [0, 0.1) is 0 Å². The van der Waals surface area contributed by atoms with Gasteiger partial charge in [-0.25, -0.2) is 19.6 Å². The highest BCUT2D eigenvalue weighted by Crippen LogP contribution is 2.26. The van der Waals surface area contributed by atoms with Crippen molar-refractivity contribution < 1.29 is 29.0 Å². The van der Waals surface area contributed by atoms with E-state index in [-0.39, 0.29) is 17.4 Å². The molecule has 8 aromatic rings. The van der Waals surface area contributed by atoms with Crippen LogP contribution in [0.4, 0.5) is 11.4 Å². The first-order chi connectivity index (χ1) is 26.8. The van der Waals surface area contributed by atoms with Gasteiger partial charge in [0.1, 0.15) is 12.2 Å². The lowest BCUT2D eigenvalue weighted by Gasteiger charge is -2.12. The number of anilines is 2. The molecule has 0 radical (unpaired) electrons. The second-order valence-corrected chi connectivity index (χ2v) is 12.2. The van der Waals surface area contributed by atoms with Gasteiger partial charge >= 0.3 is 11.9 Å². The van der Waals surface area contributed by atoms with Gasteiger partial charge in [0, 0.05) is 22.4 Å². The van der Waals surface area contributed by atoms with Crippen molar-refractivity contribution in [2.45, 2.75) is 0 Å². The fraction of sp³-hybridized carbons (Fsp3) is 0.0233. The number of aromatic amines is 1. The Morgan fingerprint density at radius 1 is 0.655 bits per heavy atom. The highest BCUT2D eigenvalue weighted by molar-refractivity contribution is 6.06. The van der Waals surface area contributed by atoms with Crippen LogP contribution in [0.15, 0.2) is 152 Å².